The van der Waals surface area contributed by atoms with Crippen LogP contribution in [0.1, 0.15) is 24.5 Å². The highest BCUT2D eigenvalue weighted by molar-refractivity contribution is 7.13. The molecule has 0 spiro atoms. The number of amides is 1. The van der Waals surface area contributed by atoms with E-state index in [-0.39, 0.29) is 5.13 Å². The van der Waals surface area contributed by atoms with Gasteiger partial charge in [-0.3, -0.25) is 5.32 Å². The Morgan fingerprint density at radius 2 is 2.29 bits per heavy atom. The molecule has 8 heteroatoms. The van der Waals surface area contributed by atoms with Crippen LogP contribution in [0.4, 0.5) is 23.1 Å². The van der Waals surface area contributed by atoms with Crippen molar-refractivity contribution in [2.45, 2.75) is 24.9 Å². The Hall–Kier alpha value is -1.31. The Balaban J connectivity index is 1.80. The summed E-state index contributed by atoms with van der Waals surface area (Å²) in [6.45, 7) is -1.60. The fraction of sp³-hybridized carbons (Fsp3) is 0.556. The van der Waals surface area contributed by atoms with E-state index in [1.165, 1.54) is 11.3 Å². The maximum atomic E-state index is 11.8. The van der Waals surface area contributed by atoms with Crippen LogP contribution in [0.3, 0.4) is 0 Å². The molecule has 4 nitrogen and oxygen atoms in total. The smallest absolute Gasteiger partial charge is 0.422 e. The Morgan fingerprint density at radius 3 is 2.88 bits per heavy atom. The number of thiazole rings is 1. The van der Waals surface area contributed by atoms with Gasteiger partial charge >= 0.3 is 12.3 Å². The van der Waals surface area contributed by atoms with Gasteiger partial charge in [-0.05, 0) is 12.8 Å². The fourth-order valence-corrected chi connectivity index (χ4v) is 1.96. The quantitative estimate of drug-likeness (QED) is 0.914. The SMILES string of the molecule is O=C(Nc1nc(C2CC2)cs1)OCC(F)(F)F. The first-order valence-electron chi connectivity index (χ1n) is 4.90. The van der Waals surface area contributed by atoms with E-state index in [0.29, 0.717) is 5.92 Å². The minimum atomic E-state index is -4.51. The molecule has 1 fully saturated rings. The maximum absolute atomic E-state index is 11.8. The number of anilines is 1. The summed E-state index contributed by atoms with van der Waals surface area (Å²) >= 11 is 1.18. The van der Waals surface area contributed by atoms with Gasteiger partial charge in [0.15, 0.2) is 11.7 Å². The Labute approximate surface area is 98.8 Å². The fourth-order valence-electron chi connectivity index (χ4n) is 1.18. The zero-order valence-corrected chi connectivity index (χ0v) is 9.40. The van der Waals surface area contributed by atoms with Gasteiger partial charge in [-0.25, -0.2) is 9.78 Å². The van der Waals surface area contributed by atoms with Gasteiger partial charge in [0.1, 0.15) is 0 Å². The van der Waals surface area contributed by atoms with E-state index in [1.54, 1.807) is 5.38 Å². The lowest BCUT2D eigenvalue weighted by atomic mass is 10.3. The third kappa shape index (κ3) is 3.88. The summed E-state index contributed by atoms with van der Waals surface area (Å²) in [6, 6.07) is 0. The normalized spacial score (nSPS) is 15.7. The van der Waals surface area contributed by atoms with E-state index in [0.717, 1.165) is 18.5 Å². The van der Waals surface area contributed by atoms with Gasteiger partial charge in [0.2, 0.25) is 0 Å². The van der Waals surface area contributed by atoms with E-state index in [9.17, 15) is 18.0 Å². The molecule has 0 saturated heterocycles. The molecule has 0 radical (unpaired) electrons. The lowest BCUT2D eigenvalue weighted by Gasteiger charge is -2.07. The van der Waals surface area contributed by atoms with E-state index in [4.69, 9.17) is 0 Å². The van der Waals surface area contributed by atoms with Crippen molar-refractivity contribution in [1.29, 1.82) is 0 Å². The molecule has 0 bridgehead atoms. The van der Waals surface area contributed by atoms with Crippen LogP contribution in [-0.2, 0) is 4.74 Å². The van der Waals surface area contributed by atoms with E-state index in [1.807, 2.05) is 0 Å². The number of halogens is 3. The maximum Gasteiger partial charge on any atom is 0.422 e. The van der Waals surface area contributed by atoms with Crippen LogP contribution in [0.5, 0.6) is 0 Å². The van der Waals surface area contributed by atoms with Crippen LogP contribution in [0, 0.1) is 0 Å². The predicted octanol–water partition coefficient (Wildman–Crippen LogP) is 3.13. The summed E-state index contributed by atoms with van der Waals surface area (Å²) in [5.74, 6) is 0.438. The summed E-state index contributed by atoms with van der Waals surface area (Å²) in [6.07, 6.45) is -3.51. The van der Waals surface area contributed by atoms with Crippen LogP contribution in [0.2, 0.25) is 0 Å². The summed E-state index contributed by atoms with van der Waals surface area (Å²) in [4.78, 5) is 15.1. The molecule has 2 rings (SSSR count). The Kier molecular flexibility index (Phi) is 3.23. The highest BCUT2D eigenvalue weighted by Gasteiger charge is 2.30. The van der Waals surface area contributed by atoms with Gasteiger partial charge in [0.25, 0.3) is 0 Å². The molecule has 0 aromatic carbocycles. The molecule has 0 unspecified atom stereocenters. The second-order valence-electron chi connectivity index (χ2n) is 3.67. The second-order valence-corrected chi connectivity index (χ2v) is 4.53. The number of aromatic nitrogens is 1. The number of ether oxygens (including phenoxy) is 1. The molecule has 94 valence electrons. The van der Waals surface area contributed by atoms with Gasteiger partial charge in [-0.15, -0.1) is 11.3 Å². The molecule has 1 saturated carbocycles. The van der Waals surface area contributed by atoms with E-state index in [2.05, 4.69) is 15.0 Å². The molecule has 1 heterocycles. The lowest BCUT2D eigenvalue weighted by molar-refractivity contribution is -0.159. The van der Waals surface area contributed by atoms with Crippen LogP contribution in [-0.4, -0.2) is 23.9 Å². The first-order chi connectivity index (χ1) is 7.94. The number of carbonyl (C=O) groups is 1. The van der Waals surface area contributed by atoms with E-state index >= 15 is 0 Å². The highest BCUT2D eigenvalue weighted by Crippen LogP contribution is 2.40. The standard InChI is InChI=1S/C9H9F3N2O2S/c10-9(11,12)4-16-8(15)14-7-13-6(3-17-7)5-1-2-5/h3,5H,1-2,4H2,(H,13,14,15). The van der Waals surface area contributed by atoms with Crippen molar-refractivity contribution in [1.82, 2.24) is 4.98 Å². The Bertz CT molecular complexity index is 415. The Morgan fingerprint density at radius 1 is 1.59 bits per heavy atom. The largest absolute Gasteiger partial charge is 0.440 e. The summed E-state index contributed by atoms with van der Waals surface area (Å²) in [7, 11) is 0. The zero-order chi connectivity index (χ0) is 12.5. The number of alkyl halides is 3. The molecule has 17 heavy (non-hydrogen) atoms. The molecule has 1 aromatic heterocycles. The van der Waals surface area contributed by atoms with Crippen LogP contribution < -0.4 is 5.32 Å². The predicted molar refractivity (Wildman–Crippen MR) is 55.1 cm³/mol. The van der Waals surface area contributed by atoms with Crippen LogP contribution in [0.25, 0.3) is 0 Å². The third-order valence-corrected chi connectivity index (χ3v) is 2.87. The van der Waals surface area contributed by atoms with Crippen molar-refractivity contribution in [3.63, 3.8) is 0 Å². The minimum Gasteiger partial charge on any atom is -0.440 e. The molecule has 1 amide bonds. The average molecular weight is 266 g/mol. The molecular weight excluding hydrogens is 257 g/mol. The van der Waals surface area contributed by atoms with Gasteiger partial charge in [-0.1, -0.05) is 0 Å². The summed E-state index contributed by atoms with van der Waals surface area (Å²) < 4.78 is 39.3. The summed E-state index contributed by atoms with van der Waals surface area (Å²) in [5.41, 5.74) is 0.876. The molecule has 1 aromatic rings. The van der Waals surface area contributed by atoms with Gasteiger partial charge in [0, 0.05) is 11.3 Å². The van der Waals surface area contributed by atoms with Gasteiger partial charge in [0.05, 0.1) is 5.69 Å². The van der Waals surface area contributed by atoms with Crippen molar-refractivity contribution >= 4 is 22.6 Å². The number of nitrogens with zero attached hydrogens (tertiary/aromatic N) is 1. The molecular formula is C9H9F3N2O2S. The number of nitrogens with one attached hydrogen (secondary N) is 1. The van der Waals surface area contributed by atoms with Crippen LogP contribution in [0.15, 0.2) is 5.38 Å². The molecule has 1 N–H and O–H groups in total. The lowest BCUT2D eigenvalue weighted by Crippen LogP contribution is -2.23. The van der Waals surface area contributed by atoms with Gasteiger partial charge in [-0.2, -0.15) is 13.2 Å². The van der Waals surface area contributed by atoms with Crippen molar-refractivity contribution in [3.05, 3.63) is 11.1 Å². The number of hydrogen-bond acceptors (Lipinski definition) is 4. The highest BCUT2D eigenvalue weighted by atomic mass is 32.1. The van der Waals surface area contributed by atoms with Gasteiger partial charge < -0.3 is 4.74 Å². The zero-order valence-electron chi connectivity index (χ0n) is 8.58. The van der Waals surface area contributed by atoms with Crippen molar-refractivity contribution < 1.29 is 22.7 Å². The first kappa shape index (κ1) is 12.2. The molecule has 0 atom stereocenters. The molecule has 0 aliphatic heterocycles. The third-order valence-electron chi connectivity index (χ3n) is 2.09. The molecule has 1 aliphatic rings. The van der Waals surface area contributed by atoms with E-state index < -0.39 is 18.9 Å². The second kappa shape index (κ2) is 4.52. The van der Waals surface area contributed by atoms with Crippen LogP contribution >= 0.6 is 11.3 Å². The van der Waals surface area contributed by atoms with Crippen molar-refractivity contribution in [2.24, 2.45) is 0 Å². The minimum absolute atomic E-state index is 0.263. The van der Waals surface area contributed by atoms with Crippen molar-refractivity contribution in [3.8, 4) is 0 Å². The number of carbonyl (C=O) groups excluding carboxylic acids is 1. The number of rotatable bonds is 3. The van der Waals surface area contributed by atoms with Crippen molar-refractivity contribution in [2.75, 3.05) is 11.9 Å². The first-order valence-corrected chi connectivity index (χ1v) is 5.78. The average Bonchev–Trinajstić information content (AvgIpc) is 2.97. The number of hydrogen-bond donors (Lipinski definition) is 1. The molecule has 1 aliphatic carbocycles. The topological polar surface area (TPSA) is 51.2 Å². The monoisotopic (exact) mass is 266 g/mol. The summed E-state index contributed by atoms with van der Waals surface area (Å²) in [5, 5.41) is 4.22.